The number of imidazole rings is 1. The Bertz CT molecular complexity index is 1590. The fourth-order valence-electron chi connectivity index (χ4n) is 3.59. The SMILES string of the molecule is CCS(=O)(=O)c1ccc(Oc2cc3nc(-c4ccccn4)[nH]c3cc2Cn2c(O)ccc2O)cn1. The number of fused-ring (bicyclic) bond motifs is 1. The minimum Gasteiger partial charge on any atom is -0.494 e. The minimum absolute atomic E-state index is 0.0301. The average Bonchev–Trinajstić information content (AvgIpc) is 3.43. The molecule has 4 aromatic heterocycles. The summed E-state index contributed by atoms with van der Waals surface area (Å²) in [5.74, 6) is 1.03. The second-order valence-corrected chi connectivity index (χ2v) is 9.98. The van der Waals surface area contributed by atoms with E-state index in [0.29, 0.717) is 39.6 Å². The van der Waals surface area contributed by atoms with Gasteiger partial charge in [0.2, 0.25) is 0 Å². The molecule has 0 fully saturated rings. The Kier molecular flexibility index (Phi) is 5.61. The molecule has 0 spiro atoms. The fourth-order valence-corrected chi connectivity index (χ4v) is 4.37. The highest BCUT2D eigenvalue weighted by Crippen LogP contribution is 2.33. The van der Waals surface area contributed by atoms with Gasteiger partial charge in [0.15, 0.2) is 32.4 Å². The van der Waals surface area contributed by atoms with Gasteiger partial charge in [-0.05, 0) is 30.3 Å². The number of nitrogens with one attached hydrogen (secondary N) is 1. The lowest BCUT2D eigenvalue weighted by atomic mass is 10.1. The molecule has 0 saturated carbocycles. The number of hydrogen-bond donors (Lipinski definition) is 3. The molecule has 5 rings (SSSR count). The first kappa shape index (κ1) is 22.4. The number of rotatable bonds is 7. The Morgan fingerprint density at radius 1 is 1.03 bits per heavy atom. The number of aromatic amines is 1. The van der Waals surface area contributed by atoms with Gasteiger partial charge in [-0.25, -0.2) is 18.4 Å². The Labute approximate surface area is 200 Å². The van der Waals surface area contributed by atoms with Crippen molar-refractivity contribution in [2.45, 2.75) is 18.5 Å². The zero-order valence-electron chi connectivity index (χ0n) is 18.6. The average molecular weight is 492 g/mol. The highest BCUT2D eigenvalue weighted by molar-refractivity contribution is 7.91. The van der Waals surface area contributed by atoms with Crippen LogP contribution in [0, 0.1) is 0 Å². The summed E-state index contributed by atoms with van der Waals surface area (Å²) in [5.41, 5.74) is 2.62. The van der Waals surface area contributed by atoms with Crippen molar-refractivity contribution in [2.75, 3.05) is 5.75 Å². The molecular weight excluding hydrogens is 470 g/mol. The first-order valence-corrected chi connectivity index (χ1v) is 12.4. The molecular formula is C24H21N5O5S. The largest absolute Gasteiger partial charge is 0.494 e. The first-order valence-electron chi connectivity index (χ1n) is 10.7. The van der Waals surface area contributed by atoms with E-state index in [4.69, 9.17) is 4.74 Å². The van der Waals surface area contributed by atoms with Crippen LogP contribution in [0.1, 0.15) is 12.5 Å². The Morgan fingerprint density at radius 3 is 2.49 bits per heavy atom. The molecule has 178 valence electrons. The van der Waals surface area contributed by atoms with E-state index in [0.717, 1.165) is 0 Å². The van der Waals surface area contributed by atoms with E-state index in [1.54, 1.807) is 19.2 Å². The molecule has 0 aliphatic carbocycles. The van der Waals surface area contributed by atoms with Gasteiger partial charge in [-0.2, -0.15) is 0 Å². The van der Waals surface area contributed by atoms with Gasteiger partial charge in [-0.15, -0.1) is 0 Å². The second-order valence-electron chi connectivity index (χ2n) is 7.75. The van der Waals surface area contributed by atoms with Gasteiger partial charge < -0.3 is 19.9 Å². The summed E-state index contributed by atoms with van der Waals surface area (Å²) in [6.07, 6.45) is 3.01. The normalized spacial score (nSPS) is 11.7. The molecule has 1 aromatic carbocycles. The van der Waals surface area contributed by atoms with Gasteiger partial charge in [-0.3, -0.25) is 9.55 Å². The van der Waals surface area contributed by atoms with E-state index in [2.05, 4.69) is 19.9 Å². The second kappa shape index (κ2) is 8.76. The van der Waals surface area contributed by atoms with Gasteiger partial charge in [0, 0.05) is 30.0 Å². The summed E-state index contributed by atoms with van der Waals surface area (Å²) in [6, 6.07) is 14.8. The lowest BCUT2D eigenvalue weighted by Crippen LogP contribution is -2.06. The van der Waals surface area contributed by atoms with Gasteiger partial charge >= 0.3 is 0 Å². The quantitative estimate of drug-likeness (QED) is 0.311. The van der Waals surface area contributed by atoms with Crippen LogP contribution in [0.4, 0.5) is 0 Å². The van der Waals surface area contributed by atoms with Crippen LogP contribution in [0.2, 0.25) is 0 Å². The number of sulfone groups is 1. The standard InChI is InChI=1S/C24H21N5O5S/c1-2-35(32,33)21-7-6-16(13-26-21)34-20-12-19-18(27-24(28-19)17-5-3-4-10-25-17)11-15(20)14-29-22(30)8-9-23(29)31/h3-13,30-31H,2,14H2,1H3,(H,27,28). The van der Waals surface area contributed by atoms with Gasteiger partial charge in [0.05, 0.1) is 29.5 Å². The van der Waals surface area contributed by atoms with Crippen LogP contribution in [0.5, 0.6) is 23.3 Å². The van der Waals surface area contributed by atoms with Gasteiger partial charge in [-0.1, -0.05) is 13.0 Å². The Morgan fingerprint density at radius 2 is 1.83 bits per heavy atom. The summed E-state index contributed by atoms with van der Waals surface area (Å²) in [5, 5.41) is 20.2. The van der Waals surface area contributed by atoms with Crippen molar-refractivity contribution in [3.63, 3.8) is 0 Å². The van der Waals surface area contributed by atoms with Crippen molar-refractivity contribution in [3.05, 3.63) is 72.6 Å². The van der Waals surface area contributed by atoms with Gasteiger partial charge in [0.25, 0.3) is 0 Å². The number of nitrogens with zero attached hydrogens (tertiary/aromatic N) is 4. The van der Waals surface area contributed by atoms with Crippen molar-refractivity contribution in [1.82, 2.24) is 24.5 Å². The van der Waals surface area contributed by atoms with Crippen molar-refractivity contribution in [1.29, 1.82) is 0 Å². The molecule has 11 heteroatoms. The summed E-state index contributed by atoms with van der Waals surface area (Å²) in [4.78, 5) is 16.2. The predicted molar refractivity (Wildman–Crippen MR) is 128 cm³/mol. The summed E-state index contributed by atoms with van der Waals surface area (Å²) in [6.45, 7) is 1.65. The van der Waals surface area contributed by atoms with E-state index in [1.807, 2.05) is 24.3 Å². The van der Waals surface area contributed by atoms with Crippen molar-refractivity contribution >= 4 is 20.9 Å². The molecule has 5 aromatic rings. The fraction of sp³-hybridized carbons (Fsp3) is 0.125. The molecule has 0 aliphatic rings. The molecule has 3 N–H and O–H groups in total. The number of benzene rings is 1. The third-order valence-corrected chi connectivity index (χ3v) is 7.11. The molecule has 0 radical (unpaired) electrons. The zero-order valence-corrected chi connectivity index (χ0v) is 19.4. The van der Waals surface area contributed by atoms with Gasteiger partial charge in [0.1, 0.15) is 17.2 Å². The third kappa shape index (κ3) is 4.41. The molecule has 0 saturated heterocycles. The first-order chi connectivity index (χ1) is 16.8. The van der Waals surface area contributed by atoms with Crippen LogP contribution in [0.15, 0.2) is 72.0 Å². The van der Waals surface area contributed by atoms with E-state index < -0.39 is 9.84 Å². The number of ether oxygens (including phenoxy) is 1. The summed E-state index contributed by atoms with van der Waals surface area (Å²) < 4.78 is 31.5. The number of aromatic nitrogens is 5. The molecule has 0 aliphatic heterocycles. The number of aromatic hydroxyl groups is 2. The van der Waals surface area contributed by atoms with Crippen molar-refractivity contribution in [2.24, 2.45) is 0 Å². The number of hydrogen-bond acceptors (Lipinski definition) is 8. The van der Waals surface area contributed by atoms with Crippen LogP contribution in [0.25, 0.3) is 22.6 Å². The molecule has 0 amide bonds. The number of pyridine rings is 2. The molecule has 0 bridgehead atoms. The van der Waals surface area contributed by atoms with E-state index >= 15 is 0 Å². The molecule has 35 heavy (non-hydrogen) atoms. The van der Waals surface area contributed by atoms with Crippen LogP contribution < -0.4 is 4.74 Å². The predicted octanol–water partition coefficient (Wildman–Crippen LogP) is 3.87. The molecule has 4 heterocycles. The highest BCUT2D eigenvalue weighted by atomic mass is 32.2. The Balaban J connectivity index is 1.57. The maximum atomic E-state index is 12.1. The smallest absolute Gasteiger partial charge is 0.195 e. The zero-order chi connectivity index (χ0) is 24.6. The monoisotopic (exact) mass is 491 g/mol. The lowest BCUT2D eigenvalue weighted by molar-refractivity contribution is 0.375. The minimum atomic E-state index is -3.44. The van der Waals surface area contributed by atoms with E-state index in [1.165, 1.54) is 35.0 Å². The van der Waals surface area contributed by atoms with E-state index in [9.17, 15) is 18.6 Å². The van der Waals surface area contributed by atoms with Crippen LogP contribution in [-0.4, -0.2) is 48.9 Å². The van der Waals surface area contributed by atoms with E-state index in [-0.39, 0.29) is 29.1 Å². The van der Waals surface area contributed by atoms with Crippen molar-refractivity contribution in [3.8, 4) is 34.8 Å². The van der Waals surface area contributed by atoms with Crippen LogP contribution in [0.3, 0.4) is 0 Å². The molecule has 0 atom stereocenters. The topological polar surface area (TPSA) is 143 Å². The molecule has 10 nitrogen and oxygen atoms in total. The molecule has 0 unspecified atom stereocenters. The highest BCUT2D eigenvalue weighted by Gasteiger charge is 2.17. The maximum Gasteiger partial charge on any atom is 0.195 e. The maximum absolute atomic E-state index is 12.1. The number of H-pyrrole nitrogens is 1. The lowest BCUT2D eigenvalue weighted by Gasteiger charge is -2.13. The van der Waals surface area contributed by atoms with Crippen LogP contribution in [-0.2, 0) is 16.4 Å². The summed E-state index contributed by atoms with van der Waals surface area (Å²) >= 11 is 0. The van der Waals surface area contributed by atoms with Crippen molar-refractivity contribution < 1.29 is 23.4 Å². The third-order valence-electron chi connectivity index (χ3n) is 5.47. The summed E-state index contributed by atoms with van der Waals surface area (Å²) in [7, 11) is -3.44. The van der Waals surface area contributed by atoms with Crippen LogP contribution >= 0.6 is 0 Å². The Hall–Kier alpha value is -4.38.